The molecular formula is C25H30ClF3N4O4. The van der Waals surface area contributed by atoms with Crippen molar-refractivity contribution in [3.8, 4) is 11.5 Å². The Morgan fingerprint density at radius 3 is 2.70 bits per heavy atom. The highest BCUT2D eigenvalue weighted by Gasteiger charge is 2.33. The van der Waals surface area contributed by atoms with Gasteiger partial charge in [-0.25, -0.2) is 4.98 Å². The van der Waals surface area contributed by atoms with E-state index in [1.165, 1.54) is 36.4 Å². The summed E-state index contributed by atoms with van der Waals surface area (Å²) in [4.78, 5) is 30.6. The lowest BCUT2D eigenvalue weighted by Crippen LogP contribution is -2.47. The number of anilines is 1. The molecule has 12 heteroatoms. The summed E-state index contributed by atoms with van der Waals surface area (Å²) in [6.07, 6.45) is 0.183. The molecule has 3 rings (SSSR count). The summed E-state index contributed by atoms with van der Waals surface area (Å²) in [7, 11) is 1.53. The molecule has 0 atom stereocenters. The normalized spacial score (nSPS) is 14.7. The van der Waals surface area contributed by atoms with Crippen LogP contribution in [-0.4, -0.2) is 47.3 Å². The highest BCUT2D eigenvalue weighted by atomic mass is 35.5. The molecule has 0 aliphatic carbocycles. The zero-order valence-corrected chi connectivity index (χ0v) is 21.8. The minimum absolute atomic E-state index is 0. The largest absolute Gasteiger partial charge is 0.573 e. The molecule has 0 saturated heterocycles. The summed E-state index contributed by atoms with van der Waals surface area (Å²) in [5, 5.41) is 5.94. The van der Waals surface area contributed by atoms with Crippen LogP contribution in [0, 0.1) is 0 Å². The Bertz CT molecular complexity index is 1160. The molecule has 37 heavy (non-hydrogen) atoms. The Hall–Kier alpha value is -3.31. The average molecular weight is 543 g/mol. The molecule has 1 aromatic carbocycles. The Labute approximate surface area is 219 Å². The maximum atomic E-state index is 12.8. The first kappa shape index (κ1) is 29.9. The summed E-state index contributed by atoms with van der Waals surface area (Å²) in [5.41, 5.74) is 1.05. The number of carbonyl (C=O) groups excluding carboxylic acids is 2. The second-order valence-electron chi connectivity index (χ2n) is 8.88. The van der Waals surface area contributed by atoms with Crippen LogP contribution in [0.3, 0.4) is 0 Å². The maximum Gasteiger partial charge on any atom is 0.573 e. The number of benzene rings is 1. The molecule has 0 spiro atoms. The van der Waals surface area contributed by atoms with Gasteiger partial charge in [0, 0.05) is 43.5 Å². The monoisotopic (exact) mass is 542 g/mol. The van der Waals surface area contributed by atoms with Crippen molar-refractivity contribution in [3.05, 3.63) is 53.2 Å². The Kier molecular flexibility index (Phi) is 9.93. The molecule has 1 aliphatic rings. The second kappa shape index (κ2) is 12.3. The molecule has 1 aromatic heterocycles. The van der Waals surface area contributed by atoms with E-state index in [4.69, 9.17) is 4.74 Å². The summed E-state index contributed by atoms with van der Waals surface area (Å²) >= 11 is 0. The number of likely N-dealkylation sites (N-methyl/N-ethyl adjacent to an activating group) is 1. The Balaban J connectivity index is 0.00000481. The first-order chi connectivity index (χ1) is 16.9. The Morgan fingerprint density at radius 1 is 1.30 bits per heavy atom. The van der Waals surface area contributed by atoms with Crippen molar-refractivity contribution in [2.75, 3.05) is 19.0 Å². The van der Waals surface area contributed by atoms with Crippen LogP contribution in [0.1, 0.15) is 43.9 Å². The van der Waals surface area contributed by atoms with Gasteiger partial charge >= 0.3 is 6.36 Å². The lowest BCUT2D eigenvalue weighted by Gasteiger charge is -2.21. The quantitative estimate of drug-likeness (QED) is 0.470. The predicted molar refractivity (Wildman–Crippen MR) is 135 cm³/mol. The van der Waals surface area contributed by atoms with Crippen molar-refractivity contribution in [2.24, 2.45) is 0 Å². The summed E-state index contributed by atoms with van der Waals surface area (Å²) in [6.45, 7) is 5.99. The van der Waals surface area contributed by atoms with Gasteiger partial charge in [0.15, 0.2) is 11.5 Å². The van der Waals surface area contributed by atoms with Crippen molar-refractivity contribution in [3.63, 3.8) is 0 Å². The third kappa shape index (κ3) is 8.09. The molecule has 1 aliphatic heterocycles. The van der Waals surface area contributed by atoms with E-state index in [0.717, 1.165) is 5.56 Å². The van der Waals surface area contributed by atoms with E-state index in [9.17, 15) is 22.8 Å². The summed E-state index contributed by atoms with van der Waals surface area (Å²) < 4.78 is 48.1. The Morgan fingerprint density at radius 2 is 2.03 bits per heavy atom. The lowest BCUT2D eigenvalue weighted by molar-refractivity contribution is -0.275. The number of amides is 2. The van der Waals surface area contributed by atoms with Crippen LogP contribution in [0.4, 0.5) is 19.0 Å². The molecule has 2 amide bonds. The van der Waals surface area contributed by atoms with Gasteiger partial charge in [-0.3, -0.25) is 14.9 Å². The number of hydrogen-bond donors (Lipinski definition) is 2. The fraction of sp³-hybridized carbons (Fsp3) is 0.400. The first-order valence-electron chi connectivity index (χ1n) is 11.4. The SMILES string of the molecule is CCCOc1c(CN(C)C(=O)C=Cc2cnc3c(c2)CNC(C)(C)C(=O)N3)cccc1OC(F)(F)F.Cl. The van der Waals surface area contributed by atoms with Crippen molar-refractivity contribution in [1.82, 2.24) is 15.2 Å². The molecule has 2 N–H and O–H groups in total. The van der Waals surface area contributed by atoms with E-state index in [0.29, 0.717) is 29.9 Å². The number of ether oxygens (including phenoxy) is 2. The van der Waals surface area contributed by atoms with Gasteiger partial charge in [-0.15, -0.1) is 25.6 Å². The van der Waals surface area contributed by atoms with Crippen LogP contribution in [0.5, 0.6) is 11.5 Å². The number of nitrogens with one attached hydrogen (secondary N) is 2. The zero-order chi connectivity index (χ0) is 26.5. The van der Waals surface area contributed by atoms with Crippen LogP contribution in [0.2, 0.25) is 0 Å². The summed E-state index contributed by atoms with van der Waals surface area (Å²) in [6, 6.07) is 5.99. The minimum Gasteiger partial charge on any atom is -0.489 e. The molecule has 2 heterocycles. The van der Waals surface area contributed by atoms with Gasteiger partial charge in [0.25, 0.3) is 0 Å². The van der Waals surface area contributed by atoms with Crippen LogP contribution < -0.4 is 20.1 Å². The van der Waals surface area contributed by atoms with Crippen LogP contribution in [0.25, 0.3) is 6.08 Å². The molecule has 202 valence electrons. The van der Waals surface area contributed by atoms with Crippen LogP contribution in [-0.2, 0) is 22.7 Å². The number of halogens is 4. The van der Waals surface area contributed by atoms with Gasteiger partial charge in [-0.1, -0.05) is 19.1 Å². The van der Waals surface area contributed by atoms with Gasteiger partial charge in [0.05, 0.1) is 12.1 Å². The van der Waals surface area contributed by atoms with Gasteiger partial charge in [-0.05, 0) is 44.0 Å². The molecule has 8 nitrogen and oxygen atoms in total. The van der Waals surface area contributed by atoms with E-state index < -0.39 is 17.7 Å². The maximum absolute atomic E-state index is 12.8. The van der Waals surface area contributed by atoms with E-state index in [-0.39, 0.29) is 43.1 Å². The van der Waals surface area contributed by atoms with Crippen LogP contribution in [0.15, 0.2) is 36.5 Å². The van der Waals surface area contributed by atoms with Crippen molar-refractivity contribution >= 4 is 36.1 Å². The smallest absolute Gasteiger partial charge is 0.489 e. The molecular weight excluding hydrogens is 513 g/mol. The van der Waals surface area contributed by atoms with E-state index >= 15 is 0 Å². The third-order valence-corrected chi connectivity index (χ3v) is 5.45. The van der Waals surface area contributed by atoms with Crippen molar-refractivity contribution < 1.29 is 32.2 Å². The fourth-order valence-corrected chi connectivity index (χ4v) is 3.41. The molecule has 0 fully saturated rings. The number of alkyl halides is 3. The third-order valence-electron chi connectivity index (χ3n) is 5.45. The number of nitrogens with zero attached hydrogens (tertiary/aromatic N) is 2. The molecule has 2 aromatic rings. The van der Waals surface area contributed by atoms with Gasteiger partial charge < -0.3 is 19.7 Å². The minimum atomic E-state index is -4.87. The highest BCUT2D eigenvalue weighted by molar-refractivity contribution is 5.98. The fourth-order valence-electron chi connectivity index (χ4n) is 3.41. The number of fused-ring (bicyclic) bond motifs is 1. The number of carbonyl (C=O) groups is 2. The first-order valence-corrected chi connectivity index (χ1v) is 11.4. The van der Waals surface area contributed by atoms with Gasteiger partial charge in [0.1, 0.15) is 5.82 Å². The number of rotatable bonds is 8. The zero-order valence-electron chi connectivity index (χ0n) is 20.9. The number of hydrogen-bond acceptors (Lipinski definition) is 6. The van der Waals surface area contributed by atoms with Gasteiger partial charge in [-0.2, -0.15) is 0 Å². The second-order valence-corrected chi connectivity index (χ2v) is 8.88. The summed E-state index contributed by atoms with van der Waals surface area (Å²) in [5.74, 6) is -0.612. The lowest BCUT2D eigenvalue weighted by atomic mass is 10.1. The standard InChI is InChI=1S/C25H29F3N4O4.ClH/c1-5-11-35-21-17(7-6-8-19(21)36-25(26,27)28)15-32(4)20(33)10-9-16-12-18-14-30-24(2,3)23(34)31-22(18)29-13-16;/h6-10,12-13,30H,5,11,14-15H2,1-4H3,(H,29,31,34);1H. The molecule has 0 unspecified atom stereocenters. The van der Waals surface area contributed by atoms with Crippen molar-refractivity contribution in [1.29, 1.82) is 0 Å². The van der Waals surface area contributed by atoms with Crippen molar-refractivity contribution in [2.45, 2.75) is 52.2 Å². The molecule has 0 saturated carbocycles. The van der Waals surface area contributed by atoms with Crippen LogP contribution >= 0.6 is 12.4 Å². The highest BCUT2D eigenvalue weighted by Crippen LogP contribution is 2.36. The number of aromatic nitrogens is 1. The van der Waals surface area contributed by atoms with Gasteiger partial charge in [0.2, 0.25) is 11.8 Å². The topological polar surface area (TPSA) is 92.8 Å². The molecule has 0 bridgehead atoms. The van der Waals surface area contributed by atoms with E-state index in [1.807, 2.05) is 13.0 Å². The molecule has 0 radical (unpaired) electrons. The van der Waals surface area contributed by atoms with E-state index in [1.54, 1.807) is 26.0 Å². The average Bonchev–Trinajstić information content (AvgIpc) is 2.91. The number of pyridine rings is 1. The number of para-hydroxylation sites is 1. The van der Waals surface area contributed by atoms with E-state index in [2.05, 4.69) is 20.4 Å². The predicted octanol–water partition coefficient (Wildman–Crippen LogP) is 4.68.